The van der Waals surface area contributed by atoms with Crippen LogP contribution in [0.2, 0.25) is 5.02 Å². The topological polar surface area (TPSA) is 88.0 Å². The Morgan fingerprint density at radius 3 is 2.47 bits per heavy atom. The average molecular weight is 456 g/mol. The predicted molar refractivity (Wildman–Crippen MR) is 123 cm³/mol. The second-order valence-electron chi connectivity index (χ2n) is 7.29. The number of benzene rings is 3. The van der Waals surface area contributed by atoms with Gasteiger partial charge in [0.1, 0.15) is 18.1 Å². The van der Waals surface area contributed by atoms with Crippen LogP contribution in [0.25, 0.3) is 0 Å². The molecule has 0 heterocycles. The standard InChI is InChI=1S/C25H26ClNO5/c26-21-5-2-4-20(14-21)24(28)15-27-12-11-18-7-9-22(10-8-18)31-16-19-3-1-6-23(13-19)32-17-25(29)30/h1-10,13-14,24,27-28H,11-12,15-17H2,(H,29,30)/t24-/m0/s1. The van der Waals surface area contributed by atoms with Crippen molar-refractivity contribution in [2.24, 2.45) is 0 Å². The molecule has 0 fully saturated rings. The lowest BCUT2D eigenvalue weighted by molar-refractivity contribution is -0.139. The number of aliphatic hydroxyl groups excluding tert-OH is 1. The maximum atomic E-state index is 10.6. The third kappa shape index (κ3) is 7.89. The van der Waals surface area contributed by atoms with Crippen molar-refractivity contribution >= 4 is 17.6 Å². The van der Waals surface area contributed by atoms with Crippen molar-refractivity contribution in [1.82, 2.24) is 5.32 Å². The first-order valence-corrected chi connectivity index (χ1v) is 10.7. The number of aliphatic hydroxyl groups is 1. The molecule has 0 aliphatic rings. The van der Waals surface area contributed by atoms with Gasteiger partial charge in [-0.1, -0.05) is 48.0 Å². The van der Waals surface area contributed by atoms with E-state index in [9.17, 15) is 9.90 Å². The van der Waals surface area contributed by atoms with Gasteiger partial charge in [0.2, 0.25) is 0 Å². The maximum Gasteiger partial charge on any atom is 0.341 e. The minimum absolute atomic E-state index is 0.354. The molecule has 6 nitrogen and oxygen atoms in total. The highest BCUT2D eigenvalue weighted by Crippen LogP contribution is 2.19. The summed E-state index contributed by atoms with van der Waals surface area (Å²) in [5, 5.41) is 22.8. The van der Waals surface area contributed by atoms with E-state index in [0.717, 1.165) is 35.4 Å². The molecule has 0 unspecified atom stereocenters. The summed E-state index contributed by atoms with van der Waals surface area (Å²) in [5.41, 5.74) is 2.84. The van der Waals surface area contributed by atoms with Crippen LogP contribution in [-0.2, 0) is 17.8 Å². The molecule has 1 atom stereocenters. The Balaban J connectivity index is 1.39. The fraction of sp³-hybridized carbons (Fsp3) is 0.240. The number of ether oxygens (including phenoxy) is 2. The lowest BCUT2D eigenvalue weighted by atomic mass is 10.1. The third-order valence-corrected chi connectivity index (χ3v) is 4.99. The summed E-state index contributed by atoms with van der Waals surface area (Å²) in [5.74, 6) is 0.228. The van der Waals surface area contributed by atoms with Gasteiger partial charge >= 0.3 is 5.97 Å². The monoisotopic (exact) mass is 455 g/mol. The Hall–Kier alpha value is -3.06. The number of aliphatic carboxylic acids is 1. The Morgan fingerprint density at radius 2 is 1.72 bits per heavy atom. The van der Waals surface area contributed by atoms with Gasteiger partial charge in [0.15, 0.2) is 6.61 Å². The van der Waals surface area contributed by atoms with Crippen molar-refractivity contribution in [3.05, 3.63) is 94.5 Å². The number of carboxylic acids is 1. The second-order valence-corrected chi connectivity index (χ2v) is 7.72. The van der Waals surface area contributed by atoms with E-state index in [0.29, 0.717) is 23.9 Å². The number of nitrogens with one attached hydrogen (secondary N) is 1. The minimum atomic E-state index is -1.01. The summed E-state index contributed by atoms with van der Waals surface area (Å²) in [6.45, 7) is 1.17. The van der Waals surface area contributed by atoms with Gasteiger partial charge in [0, 0.05) is 11.6 Å². The zero-order valence-electron chi connectivity index (χ0n) is 17.5. The molecule has 0 bridgehead atoms. The molecule has 0 aliphatic carbocycles. The van der Waals surface area contributed by atoms with Gasteiger partial charge in [-0.05, 0) is 66.1 Å². The maximum absolute atomic E-state index is 10.6. The zero-order chi connectivity index (χ0) is 22.8. The minimum Gasteiger partial charge on any atom is -0.489 e. The van der Waals surface area contributed by atoms with Crippen LogP contribution in [0.1, 0.15) is 22.8 Å². The van der Waals surface area contributed by atoms with Crippen molar-refractivity contribution in [3.63, 3.8) is 0 Å². The molecule has 0 saturated heterocycles. The Bertz CT molecular complexity index is 1010. The average Bonchev–Trinajstić information content (AvgIpc) is 2.80. The van der Waals surface area contributed by atoms with Crippen molar-refractivity contribution in [1.29, 1.82) is 0 Å². The molecule has 0 amide bonds. The van der Waals surface area contributed by atoms with Crippen molar-refractivity contribution in [2.45, 2.75) is 19.1 Å². The van der Waals surface area contributed by atoms with Crippen molar-refractivity contribution in [2.75, 3.05) is 19.7 Å². The van der Waals surface area contributed by atoms with Crippen LogP contribution in [0.5, 0.6) is 11.5 Å². The molecule has 3 N–H and O–H groups in total. The first kappa shape index (κ1) is 23.6. The van der Waals surface area contributed by atoms with Crippen LogP contribution in [0.15, 0.2) is 72.8 Å². The molecule has 0 aromatic heterocycles. The summed E-state index contributed by atoms with van der Waals surface area (Å²) >= 11 is 5.96. The number of carboxylic acid groups (broad SMARTS) is 1. The van der Waals surface area contributed by atoms with E-state index in [1.165, 1.54) is 0 Å². The SMILES string of the molecule is O=C(O)COc1cccc(COc2ccc(CCNC[C@H](O)c3cccc(Cl)c3)cc2)c1. The van der Waals surface area contributed by atoms with Gasteiger partial charge in [0.25, 0.3) is 0 Å². The smallest absolute Gasteiger partial charge is 0.341 e. The highest BCUT2D eigenvalue weighted by Gasteiger charge is 2.07. The highest BCUT2D eigenvalue weighted by atomic mass is 35.5. The molecular formula is C25H26ClNO5. The van der Waals surface area contributed by atoms with Crippen LogP contribution in [0, 0.1) is 0 Å². The molecule has 7 heteroatoms. The molecular weight excluding hydrogens is 430 g/mol. The number of halogens is 1. The Kier molecular flexibility index (Phi) is 8.92. The van der Waals surface area contributed by atoms with Crippen LogP contribution >= 0.6 is 11.6 Å². The van der Waals surface area contributed by atoms with E-state index >= 15 is 0 Å². The molecule has 168 valence electrons. The van der Waals surface area contributed by atoms with Gasteiger partial charge in [-0.15, -0.1) is 0 Å². The van der Waals surface area contributed by atoms with Gasteiger partial charge < -0.3 is 25.0 Å². The summed E-state index contributed by atoms with van der Waals surface area (Å²) < 4.78 is 11.0. The summed E-state index contributed by atoms with van der Waals surface area (Å²) in [4.78, 5) is 10.6. The molecule has 3 aromatic carbocycles. The van der Waals surface area contributed by atoms with Gasteiger partial charge in [-0.2, -0.15) is 0 Å². The predicted octanol–water partition coefficient (Wildman–Crippen LogP) is 4.25. The molecule has 32 heavy (non-hydrogen) atoms. The van der Waals surface area contributed by atoms with E-state index < -0.39 is 12.1 Å². The second kappa shape index (κ2) is 12.1. The molecule has 3 rings (SSSR count). The van der Waals surface area contributed by atoms with Crippen molar-refractivity contribution in [3.8, 4) is 11.5 Å². The molecule has 0 radical (unpaired) electrons. The first-order valence-electron chi connectivity index (χ1n) is 10.3. The molecule has 0 saturated carbocycles. The van der Waals surface area contributed by atoms with E-state index in [-0.39, 0.29) is 6.61 Å². The molecule has 0 aliphatic heterocycles. The largest absolute Gasteiger partial charge is 0.489 e. The Labute approximate surface area is 192 Å². The van der Waals surface area contributed by atoms with E-state index in [2.05, 4.69) is 5.32 Å². The van der Waals surface area contributed by atoms with Gasteiger partial charge in [-0.3, -0.25) is 0 Å². The lowest BCUT2D eigenvalue weighted by Gasteiger charge is -2.13. The number of rotatable bonds is 12. The van der Waals surface area contributed by atoms with E-state index in [1.807, 2.05) is 42.5 Å². The number of hydrogen-bond acceptors (Lipinski definition) is 5. The first-order chi connectivity index (χ1) is 15.5. The van der Waals surface area contributed by atoms with Crippen LogP contribution in [0.4, 0.5) is 0 Å². The highest BCUT2D eigenvalue weighted by molar-refractivity contribution is 6.30. The van der Waals surface area contributed by atoms with Gasteiger partial charge in [0.05, 0.1) is 6.10 Å². The fourth-order valence-corrected chi connectivity index (χ4v) is 3.29. The third-order valence-electron chi connectivity index (χ3n) is 4.75. The van der Waals surface area contributed by atoms with E-state index in [1.54, 1.807) is 30.3 Å². The van der Waals surface area contributed by atoms with Crippen molar-refractivity contribution < 1.29 is 24.5 Å². The summed E-state index contributed by atoms with van der Waals surface area (Å²) in [6, 6.07) is 22.3. The summed E-state index contributed by atoms with van der Waals surface area (Å²) in [7, 11) is 0. The zero-order valence-corrected chi connectivity index (χ0v) is 18.3. The summed E-state index contributed by atoms with van der Waals surface area (Å²) in [6.07, 6.45) is 0.225. The van der Waals surface area contributed by atoms with Crippen LogP contribution in [0.3, 0.4) is 0 Å². The fourth-order valence-electron chi connectivity index (χ4n) is 3.09. The van der Waals surface area contributed by atoms with Gasteiger partial charge in [-0.25, -0.2) is 4.79 Å². The number of hydrogen-bond donors (Lipinski definition) is 3. The van der Waals surface area contributed by atoms with Crippen LogP contribution in [-0.4, -0.2) is 35.9 Å². The quantitative estimate of drug-likeness (QED) is 0.354. The Morgan fingerprint density at radius 1 is 0.938 bits per heavy atom. The molecule has 0 spiro atoms. The van der Waals surface area contributed by atoms with E-state index in [4.69, 9.17) is 26.2 Å². The lowest BCUT2D eigenvalue weighted by Crippen LogP contribution is -2.23. The van der Waals surface area contributed by atoms with Crippen LogP contribution < -0.4 is 14.8 Å². The normalized spacial score (nSPS) is 11.7. The number of carbonyl (C=O) groups is 1. The molecule has 3 aromatic rings.